The van der Waals surface area contributed by atoms with E-state index in [1.54, 1.807) is 0 Å². The molecule has 0 N–H and O–H groups in total. The molecule has 1 nitrogen and oxygen atoms in total. The van der Waals surface area contributed by atoms with Gasteiger partial charge in [0.05, 0.1) is 5.52 Å². The highest BCUT2D eigenvalue weighted by Crippen LogP contribution is 2.43. The maximum absolute atomic E-state index is 2.60. The average Bonchev–Trinajstić information content (AvgIpc) is 3.40. The van der Waals surface area contributed by atoms with E-state index >= 15 is 0 Å². The van der Waals surface area contributed by atoms with Gasteiger partial charge in [0, 0.05) is 31.8 Å². The molecule has 228 valence electrons. The first-order chi connectivity index (χ1) is 22.6. The summed E-state index contributed by atoms with van der Waals surface area (Å²) in [7, 11) is 0. The lowest BCUT2D eigenvalue weighted by molar-refractivity contribution is 0.590. The minimum Gasteiger partial charge on any atom is -0.310 e. The van der Waals surface area contributed by atoms with Crippen LogP contribution in [0, 0.1) is 0 Å². The Kier molecular flexibility index (Phi) is 6.12. The number of benzene rings is 6. The van der Waals surface area contributed by atoms with Crippen molar-refractivity contribution in [3.8, 4) is 27.9 Å². The van der Waals surface area contributed by atoms with Crippen molar-refractivity contribution in [2.45, 2.75) is 62.2 Å². The smallest absolute Gasteiger partial charge is 0.249 e. The fourth-order valence-electron chi connectivity index (χ4n) is 7.79. The number of nitrogens with zero attached hydrogens (tertiary/aromatic N) is 1. The largest absolute Gasteiger partial charge is 0.310 e. The maximum Gasteiger partial charge on any atom is 0.249 e. The van der Waals surface area contributed by atoms with E-state index in [-0.39, 0.29) is 17.5 Å². The normalized spacial score (nSPS) is 13.6. The molecule has 6 aromatic carbocycles. The van der Waals surface area contributed by atoms with Crippen LogP contribution in [0.4, 0.5) is 0 Å². The predicted octanol–water partition coefficient (Wildman–Crippen LogP) is 10.0. The molecule has 3 heterocycles. The van der Waals surface area contributed by atoms with E-state index in [2.05, 4.69) is 167 Å². The summed E-state index contributed by atoms with van der Waals surface area (Å²) in [6, 6.07) is 46.0. The molecule has 2 aliphatic rings. The standard InChI is InChI=1S/C44H38BNS/c1-43(2,3)31-18-19-37-33(24-31)34-25-32(44(4,5)6)26-36-42(34)46(37)38-22-30(28-15-11-8-12-16-28)23-40-41(38)45(36)35-21-29(17-20-39(35)47-40)27-13-9-7-10-14-27/h7-26H,1-6H3. The molecule has 0 saturated heterocycles. The van der Waals surface area contributed by atoms with Crippen molar-refractivity contribution in [2.24, 2.45) is 0 Å². The molecule has 1 aromatic heterocycles. The van der Waals surface area contributed by atoms with Gasteiger partial charge >= 0.3 is 0 Å². The van der Waals surface area contributed by atoms with E-state index < -0.39 is 0 Å². The number of aromatic nitrogens is 1. The van der Waals surface area contributed by atoms with Crippen LogP contribution in [0.2, 0.25) is 0 Å². The minimum absolute atomic E-state index is 0.0131. The van der Waals surface area contributed by atoms with Gasteiger partial charge in [-0.25, -0.2) is 0 Å². The Labute approximate surface area is 282 Å². The zero-order valence-corrected chi connectivity index (χ0v) is 28.8. The monoisotopic (exact) mass is 623 g/mol. The van der Waals surface area contributed by atoms with Gasteiger partial charge in [-0.1, -0.05) is 144 Å². The van der Waals surface area contributed by atoms with E-state index in [4.69, 9.17) is 0 Å². The molecule has 47 heavy (non-hydrogen) atoms. The first kappa shape index (κ1) is 28.7. The van der Waals surface area contributed by atoms with Gasteiger partial charge < -0.3 is 4.57 Å². The van der Waals surface area contributed by atoms with Gasteiger partial charge in [-0.05, 0) is 91.5 Å². The quantitative estimate of drug-likeness (QED) is 0.174. The third kappa shape index (κ3) is 4.40. The molecular weight excluding hydrogens is 585 g/mol. The fourth-order valence-corrected chi connectivity index (χ4v) is 8.98. The summed E-state index contributed by atoms with van der Waals surface area (Å²) < 4.78 is 2.60. The molecule has 0 spiro atoms. The zero-order chi connectivity index (χ0) is 32.2. The molecule has 0 saturated carbocycles. The van der Waals surface area contributed by atoms with Gasteiger partial charge in [0.1, 0.15) is 0 Å². The molecule has 0 atom stereocenters. The molecule has 0 radical (unpaired) electrons. The first-order valence-electron chi connectivity index (χ1n) is 16.8. The van der Waals surface area contributed by atoms with Crippen molar-refractivity contribution in [1.82, 2.24) is 4.57 Å². The van der Waals surface area contributed by atoms with Crippen LogP contribution >= 0.6 is 11.8 Å². The molecule has 2 aliphatic heterocycles. The van der Waals surface area contributed by atoms with Gasteiger partial charge in [0.15, 0.2) is 0 Å². The molecule has 0 aliphatic carbocycles. The Morgan fingerprint density at radius 2 is 1.17 bits per heavy atom. The summed E-state index contributed by atoms with van der Waals surface area (Å²) in [5, 5.41) is 2.72. The highest BCUT2D eigenvalue weighted by atomic mass is 32.2. The molecule has 0 bridgehead atoms. The van der Waals surface area contributed by atoms with Crippen LogP contribution in [0.25, 0.3) is 49.7 Å². The van der Waals surface area contributed by atoms with Crippen molar-refractivity contribution >= 4 is 56.7 Å². The van der Waals surface area contributed by atoms with Crippen molar-refractivity contribution in [1.29, 1.82) is 0 Å². The van der Waals surface area contributed by atoms with Crippen molar-refractivity contribution in [3.63, 3.8) is 0 Å². The van der Waals surface area contributed by atoms with Gasteiger partial charge in [0.2, 0.25) is 6.71 Å². The molecular formula is C44H38BNS. The first-order valence-corrected chi connectivity index (χ1v) is 17.6. The topological polar surface area (TPSA) is 4.93 Å². The van der Waals surface area contributed by atoms with Gasteiger partial charge in [-0.15, -0.1) is 0 Å². The highest BCUT2D eigenvalue weighted by Gasteiger charge is 2.41. The van der Waals surface area contributed by atoms with Crippen molar-refractivity contribution in [3.05, 3.63) is 132 Å². The van der Waals surface area contributed by atoms with Gasteiger partial charge in [0.25, 0.3) is 0 Å². The summed E-state index contributed by atoms with van der Waals surface area (Å²) in [5.74, 6) is 0. The molecule has 9 rings (SSSR count). The van der Waals surface area contributed by atoms with E-state index in [1.807, 2.05) is 11.8 Å². The second-order valence-corrected chi connectivity index (χ2v) is 16.5. The Bertz CT molecular complexity index is 2390. The summed E-state index contributed by atoms with van der Waals surface area (Å²) >= 11 is 1.94. The lowest BCUT2D eigenvalue weighted by atomic mass is 9.35. The zero-order valence-electron chi connectivity index (χ0n) is 28.0. The van der Waals surface area contributed by atoms with E-state index in [0.29, 0.717) is 0 Å². The van der Waals surface area contributed by atoms with Crippen LogP contribution in [-0.4, -0.2) is 11.3 Å². The van der Waals surface area contributed by atoms with Crippen molar-refractivity contribution in [2.75, 3.05) is 0 Å². The molecule has 7 aromatic rings. The van der Waals surface area contributed by atoms with Crippen LogP contribution in [0.5, 0.6) is 0 Å². The second-order valence-electron chi connectivity index (χ2n) is 15.5. The van der Waals surface area contributed by atoms with Crippen molar-refractivity contribution < 1.29 is 0 Å². The Morgan fingerprint density at radius 1 is 0.511 bits per heavy atom. The molecule has 0 amide bonds. The molecule has 3 heteroatoms. The van der Waals surface area contributed by atoms with Gasteiger partial charge in [-0.3, -0.25) is 0 Å². The minimum atomic E-state index is 0.0131. The lowest BCUT2D eigenvalue weighted by Gasteiger charge is -2.35. The number of rotatable bonds is 2. The van der Waals surface area contributed by atoms with Crippen LogP contribution in [-0.2, 0) is 10.8 Å². The summed E-state index contributed by atoms with van der Waals surface area (Å²) in [6.07, 6.45) is 0. The SMILES string of the molecule is CC(C)(C)c1ccc2c(c1)c1cc(C(C)(C)C)cc3c1n2-c1cc(-c2ccccc2)cc2c1B3c1cc(-c3ccccc3)ccc1S2. The van der Waals surface area contributed by atoms with Crippen LogP contribution < -0.4 is 16.4 Å². The number of hydrogen-bond donors (Lipinski definition) is 0. The predicted molar refractivity (Wildman–Crippen MR) is 204 cm³/mol. The van der Waals surface area contributed by atoms with E-state index in [1.165, 1.54) is 87.1 Å². The fraction of sp³-hybridized carbons (Fsp3) is 0.182. The summed E-state index contributed by atoms with van der Waals surface area (Å²) in [5.41, 5.74) is 16.1. The maximum atomic E-state index is 2.60. The Morgan fingerprint density at radius 3 is 1.85 bits per heavy atom. The van der Waals surface area contributed by atoms with E-state index in [9.17, 15) is 0 Å². The third-order valence-electron chi connectivity index (χ3n) is 10.3. The number of fused-ring (bicyclic) bond motifs is 7. The molecule has 0 fully saturated rings. The Balaban J connectivity index is 1.44. The number of hydrogen-bond acceptors (Lipinski definition) is 1. The third-order valence-corrected chi connectivity index (χ3v) is 11.5. The second kappa shape index (κ2) is 10.0. The lowest BCUT2D eigenvalue weighted by Crippen LogP contribution is -2.59. The summed E-state index contributed by atoms with van der Waals surface area (Å²) in [6.45, 7) is 14.2. The van der Waals surface area contributed by atoms with Crippen LogP contribution in [0.1, 0.15) is 52.7 Å². The van der Waals surface area contributed by atoms with Crippen LogP contribution in [0.3, 0.4) is 0 Å². The van der Waals surface area contributed by atoms with Crippen LogP contribution in [0.15, 0.2) is 131 Å². The highest BCUT2D eigenvalue weighted by molar-refractivity contribution is 8.00. The summed E-state index contributed by atoms with van der Waals surface area (Å²) in [4.78, 5) is 2.71. The van der Waals surface area contributed by atoms with E-state index in [0.717, 1.165) is 0 Å². The Hall–Kier alpha value is -4.47. The molecule has 0 unspecified atom stereocenters. The average molecular weight is 624 g/mol. The van der Waals surface area contributed by atoms with Gasteiger partial charge in [-0.2, -0.15) is 0 Å².